The Balaban J connectivity index is 1.10. The summed E-state index contributed by atoms with van der Waals surface area (Å²) in [5, 5.41) is 10.1. The second-order valence-electron chi connectivity index (χ2n) is 14.4. The molecule has 0 radical (unpaired) electrons. The third kappa shape index (κ3) is 9.49. The molecule has 1 amide bonds. The van der Waals surface area contributed by atoms with Gasteiger partial charge in [-0.3, -0.25) is 9.69 Å². The first kappa shape index (κ1) is 38.3. The minimum absolute atomic E-state index is 0.0687. The first-order valence-corrected chi connectivity index (χ1v) is 18.6. The van der Waals surface area contributed by atoms with Gasteiger partial charge in [0.15, 0.2) is 0 Å². The summed E-state index contributed by atoms with van der Waals surface area (Å²) < 4.78 is 39.9. The van der Waals surface area contributed by atoms with Crippen LogP contribution < -0.4 is 19.4 Å². The highest BCUT2D eigenvalue weighted by molar-refractivity contribution is 5.96. The highest BCUT2D eigenvalue weighted by Gasteiger charge is 2.40. The predicted molar refractivity (Wildman–Crippen MR) is 201 cm³/mol. The van der Waals surface area contributed by atoms with Crippen LogP contribution in [0.15, 0.2) is 79.5 Å². The van der Waals surface area contributed by atoms with Gasteiger partial charge in [-0.2, -0.15) is 0 Å². The Bertz CT molecular complexity index is 1580. The van der Waals surface area contributed by atoms with Crippen molar-refractivity contribution in [1.82, 2.24) is 0 Å². The van der Waals surface area contributed by atoms with Crippen LogP contribution >= 0.6 is 0 Å². The Morgan fingerprint density at radius 2 is 1.63 bits per heavy atom. The van der Waals surface area contributed by atoms with Gasteiger partial charge in [0.2, 0.25) is 5.91 Å². The number of aliphatic hydroxyl groups is 1. The van der Waals surface area contributed by atoms with E-state index in [-0.39, 0.29) is 29.8 Å². The fraction of sp³-hybridized carbons (Fsp3) is 0.500. The van der Waals surface area contributed by atoms with E-state index in [1.807, 2.05) is 38.1 Å². The molecule has 7 nitrogen and oxygen atoms in total. The molecule has 2 aliphatic rings. The maximum atomic E-state index is 14.4. The third-order valence-electron chi connectivity index (χ3n) is 10.8. The number of carbonyl (C=O) groups is 1. The highest BCUT2D eigenvalue weighted by Crippen LogP contribution is 2.40. The van der Waals surface area contributed by atoms with Gasteiger partial charge in [0, 0.05) is 72.9 Å². The summed E-state index contributed by atoms with van der Waals surface area (Å²) in [5.41, 5.74) is 2.66. The molecular weight excluding hydrogens is 648 g/mol. The van der Waals surface area contributed by atoms with Crippen LogP contribution in [0.2, 0.25) is 0 Å². The number of rotatable bonds is 16. The molecule has 276 valence electrons. The first-order valence-electron chi connectivity index (χ1n) is 18.6. The van der Waals surface area contributed by atoms with Crippen LogP contribution in [0.5, 0.6) is 5.75 Å². The quantitative estimate of drug-likeness (QED) is 0.161. The molecule has 5 atom stereocenters. The second-order valence-corrected chi connectivity index (χ2v) is 14.4. The Kier molecular flexibility index (Phi) is 13.1. The van der Waals surface area contributed by atoms with E-state index >= 15 is 0 Å². The molecule has 0 aromatic heterocycles. The number of nitrogens with zero attached hydrogens (tertiary/aromatic N) is 3. The fourth-order valence-corrected chi connectivity index (χ4v) is 7.66. The molecule has 5 rings (SSSR count). The average Bonchev–Trinajstić information content (AvgIpc) is 3.52. The number of hydrogen-bond acceptors (Lipinski definition) is 6. The number of halogens is 2. The summed E-state index contributed by atoms with van der Waals surface area (Å²) >= 11 is 0. The van der Waals surface area contributed by atoms with Crippen molar-refractivity contribution >= 4 is 23.0 Å². The minimum atomic E-state index is -0.804. The predicted octanol–water partition coefficient (Wildman–Crippen LogP) is 8.70. The number of ether oxygens (including phenoxy) is 2. The Morgan fingerprint density at radius 3 is 2.18 bits per heavy atom. The van der Waals surface area contributed by atoms with E-state index in [1.165, 1.54) is 12.1 Å². The zero-order chi connectivity index (χ0) is 36.5. The molecule has 2 saturated heterocycles. The monoisotopic (exact) mass is 703 g/mol. The molecule has 0 saturated carbocycles. The van der Waals surface area contributed by atoms with Crippen molar-refractivity contribution in [3.63, 3.8) is 0 Å². The summed E-state index contributed by atoms with van der Waals surface area (Å²) in [5.74, 6) is -0.139. The van der Waals surface area contributed by atoms with E-state index in [9.17, 15) is 18.7 Å². The molecule has 9 heteroatoms. The smallest absolute Gasteiger partial charge is 0.234 e. The van der Waals surface area contributed by atoms with Crippen molar-refractivity contribution in [3.05, 3.63) is 96.7 Å². The van der Waals surface area contributed by atoms with Gasteiger partial charge < -0.3 is 24.4 Å². The molecule has 2 heterocycles. The number of anilines is 3. The van der Waals surface area contributed by atoms with E-state index in [1.54, 1.807) is 11.1 Å². The number of carbonyl (C=O) groups excluding carboxylic acids is 1. The van der Waals surface area contributed by atoms with Crippen molar-refractivity contribution in [3.8, 4) is 5.75 Å². The van der Waals surface area contributed by atoms with E-state index in [4.69, 9.17) is 9.47 Å². The minimum Gasteiger partial charge on any atom is -0.493 e. The van der Waals surface area contributed by atoms with Gasteiger partial charge in [-0.15, -0.1) is 0 Å². The maximum Gasteiger partial charge on any atom is 0.234 e. The standard InChI is InChI=1S/C42H55F2N3O4/c1-6-9-33(11-10-32(7-2)30(4)48)41(49)47(8-3)37-15-13-35(14-16-37)45-22-24-46(25-23-45)36-17-19-38(20-18-36)50-28-31-27-42(5,51-29-31)39-21-12-34(43)26-40(39)44/h8,12-21,26,30-33,48H,3,6-7,9-11,22-25,27-29H2,1-2,4-5H3. The zero-order valence-electron chi connectivity index (χ0n) is 30.7. The molecule has 0 spiro atoms. The Labute approximate surface area is 302 Å². The van der Waals surface area contributed by atoms with Crippen LogP contribution in [0, 0.1) is 29.4 Å². The first-order chi connectivity index (χ1) is 24.5. The van der Waals surface area contributed by atoms with Crippen LogP contribution in [0.4, 0.5) is 25.8 Å². The lowest BCUT2D eigenvalue weighted by molar-refractivity contribution is -0.122. The molecule has 2 aliphatic heterocycles. The van der Waals surface area contributed by atoms with Crippen LogP contribution in [0.3, 0.4) is 0 Å². The molecule has 3 aromatic rings. The van der Waals surface area contributed by atoms with Crippen molar-refractivity contribution < 1.29 is 28.2 Å². The molecule has 51 heavy (non-hydrogen) atoms. The highest BCUT2D eigenvalue weighted by atomic mass is 19.1. The topological polar surface area (TPSA) is 65.5 Å². The number of aliphatic hydroxyl groups excluding tert-OH is 1. The van der Waals surface area contributed by atoms with Gasteiger partial charge in [-0.25, -0.2) is 8.78 Å². The summed E-state index contributed by atoms with van der Waals surface area (Å²) in [6, 6.07) is 20.0. The van der Waals surface area contributed by atoms with Gasteiger partial charge in [0.25, 0.3) is 0 Å². The molecule has 0 aliphatic carbocycles. The second kappa shape index (κ2) is 17.5. The molecule has 0 bridgehead atoms. The van der Waals surface area contributed by atoms with Crippen LogP contribution in [-0.2, 0) is 15.1 Å². The largest absolute Gasteiger partial charge is 0.493 e. The molecule has 5 unspecified atom stereocenters. The van der Waals surface area contributed by atoms with Gasteiger partial charge in [-0.05, 0) is 100 Å². The third-order valence-corrected chi connectivity index (χ3v) is 10.8. The number of hydrogen-bond donors (Lipinski definition) is 1. The summed E-state index contributed by atoms with van der Waals surface area (Å²) in [7, 11) is 0. The van der Waals surface area contributed by atoms with Gasteiger partial charge >= 0.3 is 0 Å². The SMILES string of the molecule is C=CN(C(=O)C(CCC)CCC(CC)C(C)O)c1ccc(N2CCN(c3ccc(OCC4COC(C)(c5ccc(F)cc5F)C4)cc3)CC2)cc1. The maximum absolute atomic E-state index is 14.4. The van der Waals surface area contributed by atoms with Crippen LogP contribution in [0.25, 0.3) is 0 Å². The number of piperazine rings is 1. The van der Waals surface area contributed by atoms with E-state index in [0.717, 1.165) is 87.2 Å². The summed E-state index contributed by atoms with van der Waals surface area (Å²) in [6.45, 7) is 16.2. The number of amides is 1. The lowest BCUT2D eigenvalue weighted by Crippen LogP contribution is -2.46. The normalized spacial score (nSPS) is 20.9. The molecule has 3 aromatic carbocycles. The number of benzene rings is 3. The van der Waals surface area contributed by atoms with Crippen molar-refractivity contribution in [1.29, 1.82) is 0 Å². The van der Waals surface area contributed by atoms with Crippen molar-refractivity contribution in [2.24, 2.45) is 17.8 Å². The Morgan fingerprint density at radius 1 is 1.00 bits per heavy atom. The zero-order valence-corrected chi connectivity index (χ0v) is 30.7. The van der Waals surface area contributed by atoms with E-state index in [2.05, 4.69) is 54.5 Å². The van der Waals surface area contributed by atoms with Crippen molar-refractivity contribution in [2.45, 2.75) is 77.9 Å². The van der Waals surface area contributed by atoms with Gasteiger partial charge in [-0.1, -0.05) is 39.3 Å². The van der Waals surface area contributed by atoms with Gasteiger partial charge in [0.1, 0.15) is 17.4 Å². The van der Waals surface area contributed by atoms with Gasteiger partial charge in [0.05, 0.1) is 24.9 Å². The summed E-state index contributed by atoms with van der Waals surface area (Å²) in [6.07, 6.45) is 6.08. The van der Waals surface area contributed by atoms with E-state index in [0.29, 0.717) is 25.2 Å². The van der Waals surface area contributed by atoms with Crippen LogP contribution in [0.1, 0.15) is 71.8 Å². The van der Waals surface area contributed by atoms with E-state index < -0.39 is 17.2 Å². The lowest BCUT2D eigenvalue weighted by Gasteiger charge is -2.37. The summed E-state index contributed by atoms with van der Waals surface area (Å²) in [4.78, 5) is 20.1. The molecular formula is C42H55F2N3O4. The van der Waals surface area contributed by atoms with Crippen LogP contribution in [-0.4, -0.2) is 56.5 Å². The lowest BCUT2D eigenvalue weighted by atomic mass is 9.88. The average molecular weight is 704 g/mol. The molecule has 2 fully saturated rings. The fourth-order valence-electron chi connectivity index (χ4n) is 7.66. The van der Waals surface area contributed by atoms with Crippen molar-refractivity contribution in [2.75, 3.05) is 54.1 Å². The molecule has 1 N–H and O–H groups in total. The Hall–Kier alpha value is -3.95.